The zero-order valence-corrected chi connectivity index (χ0v) is 19.5. The molecule has 34 heavy (non-hydrogen) atoms. The predicted molar refractivity (Wildman–Crippen MR) is 130 cm³/mol. The first-order valence-electron chi connectivity index (χ1n) is 12.3. The molecule has 178 valence electrons. The monoisotopic (exact) mass is 460 g/mol. The number of pyridine rings is 1. The van der Waals surface area contributed by atoms with E-state index in [2.05, 4.69) is 9.97 Å². The van der Waals surface area contributed by atoms with Gasteiger partial charge in [-0.25, -0.2) is 0 Å². The fourth-order valence-corrected chi connectivity index (χ4v) is 5.23. The maximum absolute atomic E-state index is 13.4. The normalized spacial score (nSPS) is 20.0. The number of benzene rings is 1. The lowest BCUT2D eigenvalue weighted by atomic mass is 9.94. The van der Waals surface area contributed by atoms with Gasteiger partial charge in [0.15, 0.2) is 0 Å². The van der Waals surface area contributed by atoms with E-state index in [1.165, 1.54) is 6.42 Å². The zero-order chi connectivity index (χ0) is 23.3. The number of H-pyrrole nitrogens is 1. The molecule has 0 radical (unpaired) electrons. The predicted octanol–water partition coefficient (Wildman–Crippen LogP) is 3.69. The van der Waals surface area contributed by atoms with Crippen LogP contribution >= 0.6 is 0 Å². The second kappa shape index (κ2) is 10.4. The molecule has 2 aliphatic rings. The molecule has 1 aliphatic carbocycles. The maximum Gasteiger partial charge on any atom is 0.242 e. The molecule has 7 nitrogen and oxygen atoms in total. The van der Waals surface area contributed by atoms with E-state index in [0.29, 0.717) is 19.7 Å². The maximum atomic E-state index is 13.4. The summed E-state index contributed by atoms with van der Waals surface area (Å²) in [7, 11) is 0. The Morgan fingerprint density at radius 3 is 2.68 bits per heavy atom. The Bertz CT molecular complexity index is 1120. The van der Waals surface area contributed by atoms with Crippen molar-refractivity contribution in [1.29, 1.82) is 0 Å². The first-order valence-corrected chi connectivity index (χ1v) is 12.3. The number of para-hydroxylation sites is 1. The van der Waals surface area contributed by atoms with E-state index >= 15 is 0 Å². The fraction of sp³-hybridized carbons (Fsp3) is 0.444. The van der Waals surface area contributed by atoms with Gasteiger partial charge in [0.1, 0.15) is 0 Å². The van der Waals surface area contributed by atoms with E-state index in [4.69, 9.17) is 4.74 Å². The fourth-order valence-electron chi connectivity index (χ4n) is 5.23. The van der Waals surface area contributed by atoms with Gasteiger partial charge in [0.05, 0.1) is 25.7 Å². The summed E-state index contributed by atoms with van der Waals surface area (Å²) in [5.41, 5.74) is 3.00. The molecule has 1 aromatic carbocycles. The number of ether oxygens (including phenoxy) is 1. The Morgan fingerprint density at radius 2 is 1.85 bits per heavy atom. The SMILES string of the molecule is O=C(Cc1c[nH]c2ccccc12)N1CC(=O)N(C2CCCCC2)C[C@H](OCc2ccncc2)C1. The minimum absolute atomic E-state index is 0.0363. The van der Waals surface area contributed by atoms with Crippen LogP contribution in [0, 0.1) is 0 Å². The van der Waals surface area contributed by atoms with Crippen molar-refractivity contribution in [1.82, 2.24) is 19.8 Å². The topological polar surface area (TPSA) is 78.5 Å². The number of hydrogen-bond acceptors (Lipinski definition) is 4. The second-order valence-corrected chi connectivity index (χ2v) is 9.44. The average molecular weight is 461 g/mol. The van der Waals surface area contributed by atoms with Crippen molar-refractivity contribution in [2.45, 2.75) is 57.3 Å². The number of amides is 2. The molecule has 1 N–H and O–H groups in total. The van der Waals surface area contributed by atoms with Crippen molar-refractivity contribution in [3.63, 3.8) is 0 Å². The van der Waals surface area contributed by atoms with Crippen molar-refractivity contribution in [3.8, 4) is 0 Å². The van der Waals surface area contributed by atoms with Gasteiger partial charge in [-0.2, -0.15) is 0 Å². The number of nitrogens with zero attached hydrogens (tertiary/aromatic N) is 3. The summed E-state index contributed by atoms with van der Waals surface area (Å²) in [6, 6.07) is 12.1. The molecule has 3 aromatic rings. The highest BCUT2D eigenvalue weighted by atomic mass is 16.5. The summed E-state index contributed by atoms with van der Waals surface area (Å²) in [5.74, 6) is -0.00436. The largest absolute Gasteiger partial charge is 0.370 e. The number of aromatic nitrogens is 2. The van der Waals surface area contributed by atoms with Crippen LogP contribution in [0.25, 0.3) is 10.9 Å². The van der Waals surface area contributed by atoms with Crippen LogP contribution in [0.3, 0.4) is 0 Å². The first-order chi connectivity index (χ1) is 16.7. The van der Waals surface area contributed by atoms with Gasteiger partial charge in [0, 0.05) is 48.6 Å². The number of hydrogen-bond donors (Lipinski definition) is 1. The molecule has 1 saturated heterocycles. The van der Waals surface area contributed by atoms with Crippen LogP contribution in [0.5, 0.6) is 0 Å². The highest BCUT2D eigenvalue weighted by molar-refractivity contribution is 5.91. The third-order valence-electron chi connectivity index (χ3n) is 7.09. The van der Waals surface area contributed by atoms with E-state index in [9.17, 15) is 9.59 Å². The average Bonchev–Trinajstić information content (AvgIpc) is 3.20. The lowest BCUT2D eigenvalue weighted by Gasteiger charge is -2.34. The second-order valence-electron chi connectivity index (χ2n) is 9.44. The molecular formula is C27H32N4O3. The molecular weight excluding hydrogens is 428 g/mol. The lowest BCUT2D eigenvalue weighted by molar-refractivity contribution is -0.139. The molecule has 2 amide bonds. The van der Waals surface area contributed by atoms with E-state index in [-0.39, 0.29) is 36.9 Å². The van der Waals surface area contributed by atoms with Gasteiger partial charge in [-0.15, -0.1) is 0 Å². The number of nitrogens with one attached hydrogen (secondary N) is 1. The van der Waals surface area contributed by atoms with E-state index in [0.717, 1.165) is 47.7 Å². The summed E-state index contributed by atoms with van der Waals surface area (Å²) >= 11 is 0. The van der Waals surface area contributed by atoms with Crippen molar-refractivity contribution in [3.05, 3.63) is 66.1 Å². The molecule has 1 atom stereocenters. The van der Waals surface area contributed by atoms with Crippen LogP contribution in [0.2, 0.25) is 0 Å². The van der Waals surface area contributed by atoms with E-state index < -0.39 is 0 Å². The standard InChI is InChI=1S/C27H32N4O3/c32-26(14-21-15-29-25-9-5-4-8-24(21)25)30-16-23(34-19-20-10-12-28-13-11-20)17-31(27(33)18-30)22-6-2-1-3-7-22/h4-5,8-13,15,22-23,29H,1-3,6-7,14,16-19H2/t23-/m1/s1. The Hall–Kier alpha value is -3.19. The van der Waals surface area contributed by atoms with Crippen LogP contribution in [0.1, 0.15) is 43.2 Å². The van der Waals surface area contributed by atoms with Crippen LogP contribution in [-0.4, -0.2) is 63.4 Å². The van der Waals surface area contributed by atoms with Crippen LogP contribution in [0.15, 0.2) is 55.0 Å². The van der Waals surface area contributed by atoms with Crippen molar-refractivity contribution in [2.75, 3.05) is 19.6 Å². The van der Waals surface area contributed by atoms with Gasteiger partial charge < -0.3 is 19.5 Å². The molecule has 0 unspecified atom stereocenters. The van der Waals surface area contributed by atoms with Gasteiger partial charge in [0.2, 0.25) is 11.8 Å². The molecule has 2 aromatic heterocycles. The number of fused-ring (bicyclic) bond motifs is 1. The summed E-state index contributed by atoms with van der Waals surface area (Å²) in [6.45, 7) is 1.50. The number of carbonyl (C=O) groups excluding carboxylic acids is 2. The van der Waals surface area contributed by atoms with E-state index in [1.54, 1.807) is 17.3 Å². The number of aromatic amines is 1. The first kappa shape index (κ1) is 22.6. The summed E-state index contributed by atoms with van der Waals surface area (Å²) in [6.07, 6.45) is 11.0. The molecule has 2 fully saturated rings. The van der Waals surface area contributed by atoms with Gasteiger partial charge in [-0.05, 0) is 42.2 Å². The smallest absolute Gasteiger partial charge is 0.242 e. The highest BCUT2D eigenvalue weighted by Crippen LogP contribution is 2.25. The van der Waals surface area contributed by atoms with Gasteiger partial charge in [-0.3, -0.25) is 14.6 Å². The lowest BCUT2D eigenvalue weighted by Crippen LogP contribution is -2.46. The third-order valence-corrected chi connectivity index (χ3v) is 7.09. The quantitative estimate of drug-likeness (QED) is 0.609. The van der Waals surface area contributed by atoms with Crippen LogP contribution < -0.4 is 0 Å². The Balaban J connectivity index is 1.33. The molecule has 1 aliphatic heterocycles. The summed E-state index contributed by atoms with van der Waals surface area (Å²) in [5, 5.41) is 1.05. The van der Waals surface area contributed by atoms with Crippen molar-refractivity contribution < 1.29 is 14.3 Å². The molecule has 5 rings (SSSR count). The minimum atomic E-state index is -0.228. The van der Waals surface area contributed by atoms with Crippen molar-refractivity contribution in [2.24, 2.45) is 0 Å². The van der Waals surface area contributed by atoms with Crippen LogP contribution in [0.4, 0.5) is 0 Å². The summed E-state index contributed by atoms with van der Waals surface area (Å²) < 4.78 is 6.28. The molecule has 7 heteroatoms. The number of rotatable bonds is 6. The highest BCUT2D eigenvalue weighted by Gasteiger charge is 2.35. The molecule has 0 spiro atoms. The third kappa shape index (κ3) is 5.14. The Labute approximate surface area is 200 Å². The van der Waals surface area contributed by atoms with Gasteiger partial charge >= 0.3 is 0 Å². The van der Waals surface area contributed by atoms with Crippen LogP contribution in [-0.2, 0) is 27.4 Å². The van der Waals surface area contributed by atoms with Gasteiger partial charge in [0.25, 0.3) is 0 Å². The molecule has 1 saturated carbocycles. The molecule has 0 bridgehead atoms. The Morgan fingerprint density at radius 1 is 1.06 bits per heavy atom. The Kier molecular flexibility index (Phi) is 6.90. The zero-order valence-electron chi connectivity index (χ0n) is 19.5. The molecule has 3 heterocycles. The van der Waals surface area contributed by atoms with Gasteiger partial charge in [-0.1, -0.05) is 37.5 Å². The number of carbonyl (C=O) groups is 2. The van der Waals surface area contributed by atoms with Crippen molar-refractivity contribution >= 4 is 22.7 Å². The minimum Gasteiger partial charge on any atom is -0.370 e. The van der Waals surface area contributed by atoms with E-state index in [1.807, 2.05) is 47.5 Å². The summed E-state index contributed by atoms with van der Waals surface area (Å²) in [4.78, 5) is 37.7.